The van der Waals surface area contributed by atoms with Crippen molar-refractivity contribution in [3.05, 3.63) is 16.4 Å². The Morgan fingerprint density at radius 2 is 2.60 bits per heavy atom. The van der Waals surface area contributed by atoms with Gasteiger partial charge >= 0.3 is 0 Å². The van der Waals surface area contributed by atoms with Crippen LogP contribution in [0.1, 0.15) is 19.0 Å². The van der Waals surface area contributed by atoms with Gasteiger partial charge in [0.25, 0.3) is 0 Å². The summed E-state index contributed by atoms with van der Waals surface area (Å²) in [4.78, 5) is 0. The van der Waals surface area contributed by atoms with Gasteiger partial charge in [-0.25, -0.2) is 0 Å². The van der Waals surface area contributed by atoms with Crippen molar-refractivity contribution >= 4 is 15.9 Å². The van der Waals surface area contributed by atoms with Gasteiger partial charge in [0.2, 0.25) is 0 Å². The first-order chi connectivity index (χ1) is 7.28. The van der Waals surface area contributed by atoms with Crippen LogP contribution in [0.15, 0.2) is 10.7 Å². The lowest BCUT2D eigenvalue weighted by Crippen LogP contribution is -2.29. The third-order valence-corrected chi connectivity index (χ3v) is 3.73. The van der Waals surface area contributed by atoms with Gasteiger partial charge in [-0.1, -0.05) is 0 Å². The van der Waals surface area contributed by atoms with Gasteiger partial charge in [0.05, 0.1) is 29.1 Å². The molecule has 3 rings (SSSR count). The maximum Gasteiger partial charge on any atom is 0.160 e. The molecule has 5 heteroatoms. The maximum atomic E-state index is 5.82. The lowest BCUT2D eigenvalue weighted by Gasteiger charge is -2.19. The predicted molar refractivity (Wildman–Crippen MR) is 57.6 cm³/mol. The zero-order chi connectivity index (χ0) is 10.5. The van der Waals surface area contributed by atoms with E-state index in [0.29, 0.717) is 12.7 Å². The first kappa shape index (κ1) is 9.81. The van der Waals surface area contributed by atoms with Crippen molar-refractivity contribution in [1.29, 1.82) is 0 Å². The fourth-order valence-electron chi connectivity index (χ4n) is 2.35. The standard InChI is InChI=1S/C10H13BrN2O2/c1-2-13-9(7(11)5-12-13)10-6-14-4-3-8(10)15-10/h5,8H,2-4,6H2,1H3/t8-,10-/m0/s1. The van der Waals surface area contributed by atoms with Crippen LogP contribution < -0.4 is 0 Å². The minimum atomic E-state index is -0.219. The lowest BCUT2D eigenvalue weighted by atomic mass is 9.98. The second-order valence-corrected chi connectivity index (χ2v) is 4.85. The Bertz CT molecular complexity index is 393. The number of nitrogens with zero attached hydrogens (tertiary/aromatic N) is 2. The second-order valence-electron chi connectivity index (χ2n) is 3.99. The van der Waals surface area contributed by atoms with Gasteiger partial charge in [-0.2, -0.15) is 5.10 Å². The minimum absolute atomic E-state index is 0.219. The van der Waals surface area contributed by atoms with E-state index < -0.39 is 0 Å². The highest BCUT2D eigenvalue weighted by atomic mass is 79.9. The molecule has 1 aromatic rings. The van der Waals surface area contributed by atoms with Crippen LogP contribution in [0.2, 0.25) is 0 Å². The van der Waals surface area contributed by atoms with Crippen LogP contribution in [0.3, 0.4) is 0 Å². The van der Waals surface area contributed by atoms with E-state index >= 15 is 0 Å². The normalized spacial score (nSPS) is 33.9. The largest absolute Gasteiger partial charge is 0.378 e. The first-order valence-corrected chi connectivity index (χ1v) is 6.04. The van der Waals surface area contributed by atoms with E-state index in [4.69, 9.17) is 9.47 Å². The molecule has 0 spiro atoms. The Hall–Kier alpha value is -0.390. The molecule has 0 aromatic carbocycles. The topological polar surface area (TPSA) is 39.6 Å². The number of hydrogen-bond acceptors (Lipinski definition) is 3. The minimum Gasteiger partial charge on any atom is -0.378 e. The number of ether oxygens (including phenoxy) is 2. The number of rotatable bonds is 2. The van der Waals surface area contributed by atoms with Crippen LogP contribution in [0.25, 0.3) is 0 Å². The molecule has 0 unspecified atom stereocenters. The van der Waals surface area contributed by atoms with Crippen LogP contribution in [-0.4, -0.2) is 29.1 Å². The lowest BCUT2D eigenvalue weighted by molar-refractivity contribution is 0.0678. The Labute approximate surface area is 96.7 Å². The fourth-order valence-corrected chi connectivity index (χ4v) is 2.98. The Morgan fingerprint density at radius 3 is 3.33 bits per heavy atom. The Kier molecular flexibility index (Phi) is 2.16. The molecular formula is C10H13BrN2O2. The Balaban J connectivity index is 2.01. The summed E-state index contributed by atoms with van der Waals surface area (Å²) in [6.07, 6.45) is 3.15. The summed E-state index contributed by atoms with van der Waals surface area (Å²) in [6, 6.07) is 0. The van der Waals surface area contributed by atoms with Crippen LogP contribution in [0.5, 0.6) is 0 Å². The van der Waals surface area contributed by atoms with E-state index in [2.05, 4.69) is 28.0 Å². The maximum absolute atomic E-state index is 5.82. The number of aryl methyl sites for hydroxylation is 1. The van der Waals surface area contributed by atoms with Crippen molar-refractivity contribution in [2.24, 2.45) is 0 Å². The molecule has 2 fully saturated rings. The molecule has 0 aliphatic carbocycles. The molecule has 2 atom stereocenters. The molecular weight excluding hydrogens is 260 g/mol. The van der Waals surface area contributed by atoms with Crippen molar-refractivity contribution in [2.75, 3.05) is 13.2 Å². The van der Waals surface area contributed by atoms with Crippen molar-refractivity contribution in [3.63, 3.8) is 0 Å². The van der Waals surface area contributed by atoms with E-state index in [9.17, 15) is 0 Å². The second kappa shape index (κ2) is 3.30. The van der Waals surface area contributed by atoms with Gasteiger partial charge in [-0.3, -0.25) is 4.68 Å². The highest BCUT2D eigenvalue weighted by Crippen LogP contribution is 2.52. The number of hydrogen-bond donors (Lipinski definition) is 0. The third-order valence-electron chi connectivity index (χ3n) is 3.15. The number of epoxide rings is 1. The smallest absolute Gasteiger partial charge is 0.160 e. The van der Waals surface area contributed by atoms with Gasteiger partial charge in [-0.05, 0) is 22.9 Å². The molecule has 82 valence electrons. The molecule has 4 nitrogen and oxygen atoms in total. The average Bonchev–Trinajstić information content (AvgIpc) is 2.87. The molecule has 2 aliphatic heterocycles. The van der Waals surface area contributed by atoms with Crippen LogP contribution in [0, 0.1) is 0 Å². The van der Waals surface area contributed by atoms with Crippen molar-refractivity contribution < 1.29 is 9.47 Å². The highest BCUT2D eigenvalue weighted by molar-refractivity contribution is 9.10. The van der Waals surface area contributed by atoms with Crippen LogP contribution >= 0.6 is 15.9 Å². The summed E-state index contributed by atoms with van der Waals surface area (Å²) in [6.45, 7) is 4.41. The molecule has 2 saturated heterocycles. The molecule has 15 heavy (non-hydrogen) atoms. The molecule has 0 bridgehead atoms. The summed E-state index contributed by atoms with van der Waals surface area (Å²) in [5.41, 5.74) is 0.915. The van der Waals surface area contributed by atoms with Gasteiger partial charge < -0.3 is 9.47 Å². The number of fused-ring (bicyclic) bond motifs is 1. The Morgan fingerprint density at radius 1 is 1.73 bits per heavy atom. The van der Waals surface area contributed by atoms with E-state index in [1.54, 1.807) is 0 Å². The molecule has 1 aromatic heterocycles. The van der Waals surface area contributed by atoms with Gasteiger partial charge in [0, 0.05) is 19.6 Å². The molecule has 0 saturated carbocycles. The first-order valence-electron chi connectivity index (χ1n) is 5.25. The number of halogens is 1. The summed E-state index contributed by atoms with van der Waals surface area (Å²) in [7, 11) is 0. The number of aromatic nitrogens is 2. The van der Waals surface area contributed by atoms with E-state index in [1.165, 1.54) is 0 Å². The van der Waals surface area contributed by atoms with Gasteiger partial charge in [0.15, 0.2) is 5.60 Å². The predicted octanol–water partition coefficient (Wildman–Crippen LogP) is 1.68. The van der Waals surface area contributed by atoms with E-state index in [-0.39, 0.29) is 5.60 Å². The summed E-state index contributed by atoms with van der Waals surface area (Å²) >= 11 is 3.54. The summed E-state index contributed by atoms with van der Waals surface area (Å²) in [5, 5.41) is 4.32. The van der Waals surface area contributed by atoms with E-state index in [0.717, 1.165) is 29.7 Å². The molecule has 0 radical (unpaired) electrons. The molecule has 3 heterocycles. The van der Waals surface area contributed by atoms with Crippen molar-refractivity contribution in [1.82, 2.24) is 9.78 Å². The van der Waals surface area contributed by atoms with E-state index in [1.807, 2.05) is 10.9 Å². The van der Waals surface area contributed by atoms with Crippen LogP contribution in [-0.2, 0) is 21.6 Å². The summed E-state index contributed by atoms with van der Waals surface area (Å²) in [5.74, 6) is 0. The SMILES string of the molecule is CCn1ncc(Br)c1[C@]12COCC[C@@H]1O2. The zero-order valence-corrected chi connectivity index (χ0v) is 10.2. The van der Waals surface area contributed by atoms with Gasteiger partial charge in [-0.15, -0.1) is 0 Å². The molecule has 0 amide bonds. The summed E-state index contributed by atoms with van der Waals surface area (Å²) < 4.78 is 14.3. The van der Waals surface area contributed by atoms with Crippen LogP contribution in [0.4, 0.5) is 0 Å². The molecule has 0 N–H and O–H groups in total. The van der Waals surface area contributed by atoms with Gasteiger partial charge in [0.1, 0.15) is 0 Å². The third kappa shape index (κ3) is 1.30. The zero-order valence-electron chi connectivity index (χ0n) is 8.57. The quantitative estimate of drug-likeness (QED) is 0.770. The fraction of sp³-hybridized carbons (Fsp3) is 0.700. The molecule has 2 aliphatic rings. The van der Waals surface area contributed by atoms with Crippen molar-refractivity contribution in [2.45, 2.75) is 31.6 Å². The monoisotopic (exact) mass is 272 g/mol. The average molecular weight is 273 g/mol. The van der Waals surface area contributed by atoms with Crippen molar-refractivity contribution in [3.8, 4) is 0 Å². The highest BCUT2D eigenvalue weighted by Gasteiger charge is 2.62.